The molecule has 0 amide bonds. The van der Waals surface area contributed by atoms with Crippen LogP contribution in [-0.4, -0.2) is 26.3 Å². The first-order valence-electron chi connectivity index (χ1n) is 7.00. The molecule has 1 atom stereocenters. The van der Waals surface area contributed by atoms with Crippen LogP contribution in [0.1, 0.15) is 38.3 Å². The van der Waals surface area contributed by atoms with E-state index in [2.05, 4.69) is 12.2 Å². The number of hydrogen-bond acceptors (Lipinski definition) is 2. The Morgan fingerprint density at radius 3 is 2.15 bits per heavy atom. The molecule has 0 heterocycles. The fraction of sp³-hybridized carbons (Fsp3) is 0.600. The molecule has 0 aliphatic carbocycles. The fourth-order valence-electron chi connectivity index (χ4n) is 2.31. The van der Waals surface area contributed by atoms with Gasteiger partial charge in [0.25, 0.3) is 0 Å². The molecule has 20 heavy (non-hydrogen) atoms. The summed E-state index contributed by atoms with van der Waals surface area (Å²) >= 11 is 0. The van der Waals surface area contributed by atoms with E-state index in [-0.39, 0.29) is 6.04 Å². The van der Waals surface area contributed by atoms with E-state index < -0.39 is 12.7 Å². The summed E-state index contributed by atoms with van der Waals surface area (Å²) in [5.41, 5.74) is 1.72. The minimum atomic E-state index is -4.18. The van der Waals surface area contributed by atoms with Gasteiger partial charge in [-0.3, -0.25) is 0 Å². The van der Waals surface area contributed by atoms with Crippen LogP contribution in [0.25, 0.3) is 0 Å². The molecule has 0 aromatic heterocycles. The largest absolute Gasteiger partial charge is 0.405 e. The lowest BCUT2D eigenvalue weighted by atomic mass is 10.0. The van der Waals surface area contributed by atoms with E-state index in [9.17, 15) is 13.2 Å². The summed E-state index contributed by atoms with van der Waals surface area (Å²) in [6.45, 7) is 3.46. The lowest BCUT2D eigenvalue weighted by Crippen LogP contribution is -2.34. The van der Waals surface area contributed by atoms with E-state index in [4.69, 9.17) is 0 Å². The van der Waals surface area contributed by atoms with Crippen molar-refractivity contribution < 1.29 is 13.2 Å². The summed E-state index contributed by atoms with van der Waals surface area (Å²) in [6.07, 6.45) is -2.55. The van der Waals surface area contributed by atoms with Crippen molar-refractivity contribution >= 4 is 5.69 Å². The molecule has 1 aromatic carbocycles. The first-order valence-corrected chi connectivity index (χ1v) is 7.00. The van der Waals surface area contributed by atoms with Crippen LogP contribution in [0.3, 0.4) is 0 Å². The van der Waals surface area contributed by atoms with Crippen LogP contribution in [0.15, 0.2) is 24.3 Å². The third-order valence-electron chi connectivity index (χ3n) is 3.28. The van der Waals surface area contributed by atoms with Gasteiger partial charge in [-0.1, -0.05) is 26.0 Å². The third-order valence-corrected chi connectivity index (χ3v) is 3.28. The van der Waals surface area contributed by atoms with E-state index in [1.54, 1.807) is 12.1 Å². The summed E-state index contributed by atoms with van der Waals surface area (Å²) in [5.74, 6) is 0. The van der Waals surface area contributed by atoms with E-state index in [1.807, 2.05) is 26.1 Å². The standard InChI is InChI=1S/C15H23F3N2/c1-4-10-20(11-15(16,17)18)13-8-6-12(7-9-13)14(5-2)19-3/h6-9,14,19H,4-5,10-11H2,1-3H3. The highest BCUT2D eigenvalue weighted by atomic mass is 19.4. The topological polar surface area (TPSA) is 15.3 Å². The lowest BCUT2D eigenvalue weighted by molar-refractivity contribution is -0.119. The summed E-state index contributed by atoms with van der Waals surface area (Å²) in [7, 11) is 1.88. The van der Waals surface area contributed by atoms with Gasteiger partial charge in [0.1, 0.15) is 6.54 Å². The molecule has 1 rings (SSSR count). The molecular formula is C15H23F3N2. The molecule has 1 N–H and O–H groups in total. The Bertz CT molecular complexity index is 383. The molecule has 0 saturated heterocycles. The average Bonchev–Trinajstić information content (AvgIpc) is 2.39. The zero-order valence-corrected chi connectivity index (χ0v) is 12.3. The van der Waals surface area contributed by atoms with Crippen molar-refractivity contribution in [3.8, 4) is 0 Å². The highest BCUT2D eigenvalue weighted by Gasteiger charge is 2.30. The second-order valence-electron chi connectivity index (χ2n) is 4.88. The number of anilines is 1. The van der Waals surface area contributed by atoms with Gasteiger partial charge < -0.3 is 10.2 Å². The van der Waals surface area contributed by atoms with Crippen LogP contribution >= 0.6 is 0 Å². The molecule has 0 aliphatic heterocycles. The number of alkyl halides is 3. The molecule has 1 unspecified atom stereocenters. The maximum absolute atomic E-state index is 12.6. The molecule has 0 bridgehead atoms. The Kier molecular flexibility index (Phi) is 6.33. The predicted octanol–water partition coefficient (Wildman–Crippen LogP) is 4.14. The van der Waals surface area contributed by atoms with Crippen molar-refractivity contribution in [3.63, 3.8) is 0 Å². The van der Waals surface area contributed by atoms with Crippen LogP contribution in [0.2, 0.25) is 0 Å². The van der Waals surface area contributed by atoms with Gasteiger partial charge >= 0.3 is 6.18 Å². The number of nitrogens with one attached hydrogen (secondary N) is 1. The molecule has 2 nitrogen and oxygen atoms in total. The minimum absolute atomic E-state index is 0.242. The van der Waals surface area contributed by atoms with Gasteiger partial charge in [-0.05, 0) is 37.6 Å². The SMILES string of the molecule is CCCN(CC(F)(F)F)c1ccc(C(CC)NC)cc1. The van der Waals surface area contributed by atoms with Crippen LogP contribution in [0.5, 0.6) is 0 Å². The van der Waals surface area contributed by atoms with Gasteiger partial charge in [0.2, 0.25) is 0 Å². The van der Waals surface area contributed by atoms with Gasteiger partial charge in [0.15, 0.2) is 0 Å². The summed E-state index contributed by atoms with van der Waals surface area (Å²) in [5, 5.41) is 3.19. The van der Waals surface area contributed by atoms with E-state index in [1.165, 1.54) is 4.90 Å². The van der Waals surface area contributed by atoms with Crippen molar-refractivity contribution in [2.75, 3.05) is 25.0 Å². The Balaban J connectivity index is 2.87. The maximum atomic E-state index is 12.6. The third kappa shape index (κ3) is 5.04. The van der Waals surface area contributed by atoms with Crippen LogP contribution < -0.4 is 10.2 Å². The average molecular weight is 288 g/mol. The number of rotatable bonds is 7. The summed E-state index contributed by atoms with van der Waals surface area (Å²) < 4.78 is 37.7. The highest BCUT2D eigenvalue weighted by Crippen LogP contribution is 2.24. The molecule has 5 heteroatoms. The monoisotopic (exact) mass is 288 g/mol. The minimum Gasteiger partial charge on any atom is -0.363 e. The van der Waals surface area contributed by atoms with Gasteiger partial charge in [-0.2, -0.15) is 13.2 Å². The second kappa shape index (κ2) is 7.53. The molecule has 0 spiro atoms. The Hall–Kier alpha value is -1.23. The number of nitrogens with zero attached hydrogens (tertiary/aromatic N) is 1. The second-order valence-corrected chi connectivity index (χ2v) is 4.88. The first-order chi connectivity index (χ1) is 9.41. The van der Waals surface area contributed by atoms with Crippen LogP contribution in [0.4, 0.5) is 18.9 Å². The lowest BCUT2D eigenvalue weighted by Gasteiger charge is -2.26. The van der Waals surface area contributed by atoms with Crippen molar-refractivity contribution in [2.45, 2.75) is 38.9 Å². The van der Waals surface area contributed by atoms with Crippen molar-refractivity contribution in [2.24, 2.45) is 0 Å². The summed E-state index contributed by atoms with van der Waals surface area (Å²) in [6, 6.07) is 7.59. The van der Waals surface area contributed by atoms with Crippen LogP contribution in [-0.2, 0) is 0 Å². The van der Waals surface area contributed by atoms with Crippen LogP contribution in [0, 0.1) is 0 Å². The van der Waals surface area contributed by atoms with Crippen molar-refractivity contribution in [1.82, 2.24) is 5.32 Å². The molecule has 0 radical (unpaired) electrons. The van der Waals surface area contributed by atoms with Crippen molar-refractivity contribution in [3.05, 3.63) is 29.8 Å². The van der Waals surface area contributed by atoms with E-state index in [0.717, 1.165) is 12.0 Å². The van der Waals surface area contributed by atoms with E-state index >= 15 is 0 Å². The smallest absolute Gasteiger partial charge is 0.363 e. The molecule has 0 fully saturated rings. The van der Waals surface area contributed by atoms with Gasteiger partial charge in [-0.25, -0.2) is 0 Å². The Morgan fingerprint density at radius 2 is 1.75 bits per heavy atom. The predicted molar refractivity (Wildman–Crippen MR) is 77.1 cm³/mol. The van der Waals surface area contributed by atoms with Gasteiger partial charge in [-0.15, -0.1) is 0 Å². The zero-order chi connectivity index (χ0) is 15.2. The van der Waals surface area contributed by atoms with E-state index in [0.29, 0.717) is 18.7 Å². The summed E-state index contributed by atoms with van der Waals surface area (Å²) in [4.78, 5) is 1.38. The number of hydrogen-bond donors (Lipinski definition) is 1. The number of benzene rings is 1. The molecule has 0 saturated carbocycles. The molecular weight excluding hydrogens is 265 g/mol. The number of halogens is 3. The Morgan fingerprint density at radius 1 is 1.15 bits per heavy atom. The maximum Gasteiger partial charge on any atom is 0.405 e. The highest BCUT2D eigenvalue weighted by molar-refractivity contribution is 5.48. The zero-order valence-electron chi connectivity index (χ0n) is 12.3. The molecule has 1 aromatic rings. The fourth-order valence-corrected chi connectivity index (χ4v) is 2.31. The molecule has 0 aliphatic rings. The Labute approximate surface area is 119 Å². The normalized spacial score (nSPS) is 13.3. The quantitative estimate of drug-likeness (QED) is 0.811. The van der Waals surface area contributed by atoms with Gasteiger partial charge in [0, 0.05) is 18.3 Å². The first kappa shape index (κ1) is 16.8. The van der Waals surface area contributed by atoms with Crippen molar-refractivity contribution in [1.29, 1.82) is 0 Å². The van der Waals surface area contributed by atoms with Gasteiger partial charge in [0.05, 0.1) is 0 Å². The molecule has 114 valence electrons.